The second kappa shape index (κ2) is 7.31. The maximum atomic E-state index is 13.5. The molecular weight excluding hydrogens is 386 g/mol. The van der Waals surface area contributed by atoms with E-state index in [0.29, 0.717) is 30.8 Å². The van der Waals surface area contributed by atoms with Gasteiger partial charge in [0.1, 0.15) is 0 Å². The summed E-state index contributed by atoms with van der Waals surface area (Å²) >= 11 is 0. The van der Waals surface area contributed by atoms with Crippen molar-refractivity contribution in [1.29, 1.82) is 0 Å². The third-order valence-corrected chi connectivity index (χ3v) is 9.48. The second-order valence-corrected chi connectivity index (χ2v) is 11.7. The van der Waals surface area contributed by atoms with E-state index in [-0.39, 0.29) is 24.2 Å². The van der Waals surface area contributed by atoms with Crippen LogP contribution in [0.5, 0.6) is 0 Å². The van der Waals surface area contributed by atoms with Crippen LogP contribution in [0.25, 0.3) is 6.08 Å². The smallest absolute Gasteiger partial charge is 0.239 e. The first kappa shape index (κ1) is 19.1. The predicted molar refractivity (Wildman–Crippen MR) is 104 cm³/mol. The van der Waals surface area contributed by atoms with Crippen molar-refractivity contribution in [2.45, 2.75) is 44.2 Å². The summed E-state index contributed by atoms with van der Waals surface area (Å²) in [5, 5.41) is 0. The molecular formula is C19H25NO5S2. The Morgan fingerprint density at radius 3 is 2.67 bits per heavy atom. The molecule has 0 saturated carbocycles. The number of rotatable bonds is 5. The van der Waals surface area contributed by atoms with Crippen LogP contribution in [0.1, 0.15) is 36.8 Å². The van der Waals surface area contributed by atoms with E-state index in [1.807, 2.05) is 24.3 Å². The first-order valence-corrected chi connectivity index (χ1v) is 12.7. The maximum absolute atomic E-state index is 13.5. The minimum absolute atomic E-state index is 0.0527. The molecule has 1 aliphatic carbocycles. The summed E-state index contributed by atoms with van der Waals surface area (Å²) < 4.78 is 58.0. The largest absolute Gasteiger partial charge is 0.377 e. The van der Waals surface area contributed by atoms with Gasteiger partial charge in [-0.15, -0.1) is 0 Å². The molecule has 148 valence electrons. The molecule has 1 aromatic carbocycles. The summed E-state index contributed by atoms with van der Waals surface area (Å²) in [5.74, 6) is -0.0418. The second-order valence-electron chi connectivity index (χ2n) is 7.58. The Hall–Kier alpha value is -1.22. The number of allylic oxidation sites excluding steroid dienone is 1. The number of hydrogen-bond donors (Lipinski definition) is 0. The minimum Gasteiger partial charge on any atom is -0.377 e. The number of sulfonamides is 1. The van der Waals surface area contributed by atoms with Gasteiger partial charge in [0.05, 0.1) is 22.5 Å². The fourth-order valence-electron chi connectivity index (χ4n) is 4.20. The van der Waals surface area contributed by atoms with Gasteiger partial charge < -0.3 is 4.74 Å². The van der Waals surface area contributed by atoms with Crippen molar-refractivity contribution in [2.24, 2.45) is 0 Å². The topological polar surface area (TPSA) is 80.8 Å². The molecule has 0 N–H and O–H groups in total. The summed E-state index contributed by atoms with van der Waals surface area (Å²) in [7, 11) is -6.92. The molecule has 8 heteroatoms. The van der Waals surface area contributed by atoms with Crippen molar-refractivity contribution in [2.75, 3.05) is 24.7 Å². The molecule has 2 saturated heterocycles. The fourth-order valence-corrected chi connectivity index (χ4v) is 7.89. The van der Waals surface area contributed by atoms with Gasteiger partial charge >= 0.3 is 0 Å². The Morgan fingerprint density at radius 2 is 1.96 bits per heavy atom. The van der Waals surface area contributed by atoms with Gasteiger partial charge in [-0.3, -0.25) is 0 Å². The van der Waals surface area contributed by atoms with Gasteiger partial charge in [0.2, 0.25) is 10.0 Å². The number of nitrogens with zero attached hydrogens (tertiary/aromatic N) is 1. The van der Waals surface area contributed by atoms with Crippen LogP contribution in [0.15, 0.2) is 29.2 Å². The first-order valence-electron chi connectivity index (χ1n) is 9.47. The standard InChI is InChI=1S/C19H25NO5S2/c21-26(22)11-9-17(14-26)20(13-18-6-3-10-25-18)27(23,24)19-8-7-15-4-1-2-5-16(15)12-19/h1-2,4-5,12,17-18H,3,6-11,13-14H2/t17-,18-/m1/s1. The molecule has 2 heterocycles. The predicted octanol–water partition coefficient (Wildman–Crippen LogP) is 1.97. The molecule has 3 aliphatic rings. The molecule has 1 aromatic rings. The highest BCUT2D eigenvalue weighted by Gasteiger charge is 2.41. The van der Waals surface area contributed by atoms with E-state index in [9.17, 15) is 16.8 Å². The molecule has 27 heavy (non-hydrogen) atoms. The monoisotopic (exact) mass is 411 g/mol. The molecule has 0 aromatic heterocycles. The number of sulfone groups is 1. The molecule has 0 bridgehead atoms. The molecule has 0 unspecified atom stereocenters. The van der Waals surface area contributed by atoms with Crippen LogP contribution in [-0.2, 0) is 31.0 Å². The molecule has 0 amide bonds. The summed E-state index contributed by atoms with van der Waals surface area (Å²) in [6.07, 6.45) is 4.81. The lowest BCUT2D eigenvalue weighted by Crippen LogP contribution is -2.45. The zero-order chi connectivity index (χ0) is 19.1. The lowest BCUT2D eigenvalue weighted by atomic mass is 9.98. The SMILES string of the molecule is O=S1(=O)CC[C@@H](N(C[C@H]2CCCO2)S(=O)(=O)C2=Cc3ccccc3CC2)C1. The summed E-state index contributed by atoms with van der Waals surface area (Å²) in [6, 6.07) is 7.30. The van der Waals surface area contributed by atoms with Gasteiger partial charge in [-0.1, -0.05) is 24.3 Å². The van der Waals surface area contributed by atoms with E-state index < -0.39 is 25.9 Å². The Labute approximate surface area is 161 Å². The van der Waals surface area contributed by atoms with Crippen LogP contribution in [0.2, 0.25) is 0 Å². The van der Waals surface area contributed by atoms with Crippen LogP contribution in [0, 0.1) is 0 Å². The zero-order valence-corrected chi connectivity index (χ0v) is 16.8. The van der Waals surface area contributed by atoms with Crippen molar-refractivity contribution >= 4 is 25.9 Å². The number of fused-ring (bicyclic) bond motifs is 1. The van der Waals surface area contributed by atoms with Crippen molar-refractivity contribution in [3.8, 4) is 0 Å². The van der Waals surface area contributed by atoms with Crippen molar-refractivity contribution in [3.05, 3.63) is 40.3 Å². The lowest BCUT2D eigenvalue weighted by Gasteiger charge is -2.31. The van der Waals surface area contributed by atoms with Crippen molar-refractivity contribution in [1.82, 2.24) is 4.31 Å². The Bertz CT molecular complexity index is 946. The number of benzene rings is 1. The first-order chi connectivity index (χ1) is 12.9. The van der Waals surface area contributed by atoms with Crippen molar-refractivity contribution in [3.63, 3.8) is 0 Å². The van der Waals surface area contributed by atoms with Crippen LogP contribution in [0.3, 0.4) is 0 Å². The Kier molecular flexibility index (Phi) is 5.18. The normalized spacial score (nSPS) is 27.5. The highest BCUT2D eigenvalue weighted by atomic mass is 32.2. The number of ether oxygens (including phenoxy) is 1. The molecule has 2 fully saturated rings. The molecule has 0 spiro atoms. The third kappa shape index (κ3) is 3.99. The van der Waals surface area contributed by atoms with Gasteiger partial charge in [0.15, 0.2) is 9.84 Å². The highest BCUT2D eigenvalue weighted by Crippen LogP contribution is 2.32. The molecule has 0 radical (unpaired) electrons. The van der Waals surface area contributed by atoms with Crippen LogP contribution >= 0.6 is 0 Å². The average molecular weight is 412 g/mol. The molecule has 2 atom stereocenters. The van der Waals surface area contributed by atoms with Crippen LogP contribution < -0.4 is 0 Å². The quantitative estimate of drug-likeness (QED) is 0.740. The van der Waals surface area contributed by atoms with E-state index in [0.717, 1.165) is 24.0 Å². The van der Waals surface area contributed by atoms with Gasteiger partial charge in [0.25, 0.3) is 0 Å². The van der Waals surface area contributed by atoms with Crippen LogP contribution in [0.4, 0.5) is 0 Å². The zero-order valence-electron chi connectivity index (χ0n) is 15.2. The van der Waals surface area contributed by atoms with Crippen LogP contribution in [-0.4, -0.2) is 57.9 Å². The summed E-state index contributed by atoms with van der Waals surface area (Å²) in [5.41, 5.74) is 2.07. The van der Waals surface area contributed by atoms with Gasteiger partial charge in [-0.25, -0.2) is 16.8 Å². The summed E-state index contributed by atoms with van der Waals surface area (Å²) in [6.45, 7) is 0.874. The van der Waals surface area contributed by atoms with Crippen molar-refractivity contribution < 1.29 is 21.6 Å². The maximum Gasteiger partial charge on any atom is 0.239 e. The average Bonchev–Trinajstić information content (AvgIpc) is 3.28. The lowest BCUT2D eigenvalue weighted by molar-refractivity contribution is 0.0879. The van der Waals surface area contributed by atoms with Gasteiger partial charge in [-0.2, -0.15) is 4.31 Å². The Balaban J connectivity index is 1.67. The number of hydrogen-bond acceptors (Lipinski definition) is 5. The molecule has 6 nitrogen and oxygen atoms in total. The summed E-state index contributed by atoms with van der Waals surface area (Å²) in [4.78, 5) is 0.378. The van der Waals surface area contributed by atoms with Gasteiger partial charge in [0, 0.05) is 19.2 Å². The minimum atomic E-state index is -3.74. The van der Waals surface area contributed by atoms with E-state index in [4.69, 9.17) is 4.74 Å². The Morgan fingerprint density at radius 1 is 1.15 bits per heavy atom. The van der Waals surface area contributed by atoms with E-state index >= 15 is 0 Å². The number of aryl methyl sites for hydroxylation is 1. The molecule has 4 rings (SSSR count). The van der Waals surface area contributed by atoms with E-state index in [1.54, 1.807) is 6.08 Å². The highest BCUT2D eigenvalue weighted by molar-refractivity contribution is 7.93. The van der Waals surface area contributed by atoms with E-state index in [2.05, 4.69) is 0 Å². The fraction of sp³-hybridized carbons (Fsp3) is 0.579. The van der Waals surface area contributed by atoms with E-state index in [1.165, 1.54) is 4.31 Å². The van der Waals surface area contributed by atoms with Gasteiger partial charge in [-0.05, 0) is 49.3 Å². The molecule has 2 aliphatic heterocycles. The third-order valence-electron chi connectivity index (χ3n) is 5.68.